The van der Waals surface area contributed by atoms with Crippen LogP contribution in [-0.4, -0.2) is 22.6 Å². The third-order valence-corrected chi connectivity index (χ3v) is 0.423. The predicted molar refractivity (Wildman–Crippen MR) is 23.8 cm³/mol. The normalized spacial score (nSPS) is 14.4. The maximum absolute atomic E-state index is 9.48. The number of hydrogen-bond acceptors (Lipinski definition) is 3. The lowest BCUT2D eigenvalue weighted by molar-refractivity contribution is -0.112. The van der Waals surface area contributed by atoms with Crippen LogP contribution in [0.3, 0.4) is 0 Å². The summed E-state index contributed by atoms with van der Waals surface area (Å²) in [6, 6.07) is 0. The highest BCUT2D eigenvalue weighted by Crippen LogP contribution is 1.74. The molecule has 0 fully saturated rings. The van der Waals surface area contributed by atoms with Gasteiger partial charge in [0.25, 0.3) is 0 Å². The van der Waals surface area contributed by atoms with E-state index in [9.17, 15) is 4.79 Å². The van der Waals surface area contributed by atoms with E-state index in [2.05, 4.69) is 0 Å². The molecule has 0 aliphatic heterocycles. The number of carbonyl (C=O) groups is 1. The maximum atomic E-state index is 9.48. The van der Waals surface area contributed by atoms with Crippen molar-refractivity contribution in [1.82, 2.24) is 0 Å². The topological polar surface area (TPSA) is 57.5 Å². The quantitative estimate of drug-likeness (QED) is 0.369. The molecule has 3 nitrogen and oxygen atoms in total. The van der Waals surface area contributed by atoms with E-state index in [4.69, 9.17) is 10.2 Å². The van der Waals surface area contributed by atoms with Crippen molar-refractivity contribution in [2.75, 3.05) is 0 Å². The number of hydrogen-bond donors (Lipinski definition) is 2. The van der Waals surface area contributed by atoms with Crippen molar-refractivity contribution in [2.24, 2.45) is 0 Å². The monoisotopic (exact) mass is 102 g/mol. The average Bonchev–Trinajstić information content (AvgIpc) is 1.68. The lowest BCUT2D eigenvalue weighted by Gasteiger charge is -1.85. The summed E-state index contributed by atoms with van der Waals surface area (Å²) in [5.74, 6) is 0. The van der Waals surface area contributed by atoms with E-state index < -0.39 is 6.10 Å². The largest absolute Gasteiger partial charge is 0.516 e. The van der Waals surface area contributed by atoms with Gasteiger partial charge in [-0.05, 0) is 6.08 Å². The van der Waals surface area contributed by atoms with Crippen LogP contribution in [0.4, 0.5) is 0 Å². The van der Waals surface area contributed by atoms with Gasteiger partial charge < -0.3 is 15.0 Å². The molecule has 0 aromatic rings. The predicted octanol–water partition coefficient (Wildman–Crippen LogP) is -0.382. The Kier molecular flexibility index (Phi) is 2.96. The second-order valence-electron chi connectivity index (χ2n) is 0.968. The molecule has 0 aromatic heterocycles. The molecule has 0 spiro atoms. The molecular formula is C4H6O3. The fraction of sp³-hybridized carbons (Fsp3) is 0.250. The van der Waals surface area contributed by atoms with Gasteiger partial charge in [-0.2, -0.15) is 0 Å². The average molecular weight is 102 g/mol. The molecule has 0 saturated carbocycles. The van der Waals surface area contributed by atoms with Crippen LogP contribution in [0.25, 0.3) is 0 Å². The van der Waals surface area contributed by atoms with Gasteiger partial charge in [0.15, 0.2) is 6.29 Å². The van der Waals surface area contributed by atoms with E-state index in [1.54, 1.807) is 0 Å². The minimum Gasteiger partial charge on any atom is -0.516 e. The van der Waals surface area contributed by atoms with Crippen LogP contribution in [0.2, 0.25) is 0 Å². The summed E-state index contributed by atoms with van der Waals surface area (Å²) < 4.78 is 0. The summed E-state index contributed by atoms with van der Waals surface area (Å²) in [7, 11) is 0. The highest BCUT2D eigenvalue weighted by atomic mass is 16.3. The first-order valence-corrected chi connectivity index (χ1v) is 1.75. The van der Waals surface area contributed by atoms with E-state index in [0.717, 1.165) is 6.08 Å². The summed E-state index contributed by atoms with van der Waals surface area (Å²) in [5.41, 5.74) is 0. The maximum Gasteiger partial charge on any atom is 0.152 e. The molecule has 0 bridgehead atoms. The molecule has 0 rings (SSSR count). The summed E-state index contributed by atoms with van der Waals surface area (Å²) in [5, 5.41) is 16.1. The van der Waals surface area contributed by atoms with Gasteiger partial charge in [0.05, 0.1) is 6.26 Å². The smallest absolute Gasteiger partial charge is 0.152 e. The van der Waals surface area contributed by atoms with Gasteiger partial charge >= 0.3 is 0 Å². The van der Waals surface area contributed by atoms with E-state index in [0.29, 0.717) is 12.5 Å². The van der Waals surface area contributed by atoms with Gasteiger partial charge in [-0.1, -0.05) is 0 Å². The van der Waals surface area contributed by atoms with Crippen LogP contribution < -0.4 is 0 Å². The zero-order valence-corrected chi connectivity index (χ0v) is 3.61. The Hall–Kier alpha value is -0.830. The van der Waals surface area contributed by atoms with Gasteiger partial charge in [-0.15, -0.1) is 0 Å². The Morgan fingerprint density at radius 2 is 2.14 bits per heavy atom. The molecule has 0 aromatic carbocycles. The van der Waals surface area contributed by atoms with Crippen molar-refractivity contribution in [3.63, 3.8) is 0 Å². The van der Waals surface area contributed by atoms with Crippen molar-refractivity contribution in [2.45, 2.75) is 6.10 Å². The standard InChI is InChI=1S/C4H6O3/c5-2-1-4(7)3-6/h1-5,7H/b2-1+/t4-/m0/s1. The van der Waals surface area contributed by atoms with Gasteiger partial charge in [0.2, 0.25) is 0 Å². The van der Waals surface area contributed by atoms with Crippen molar-refractivity contribution in [3.05, 3.63) is 12.3 Å². The highest BCUT2D eigenvalue weighted by Gasteiger charge is 1.89. The molecule has 1 atom stereocenters. The minimum absolute atomic E-state index is 0.312. The molecule has 3 heteroatoms. The number of aldehydes is 1. The zero-order chi connectivity index (χ0) is 5.70. The first-order chi connectivity index (χ1) is 3.31. The molecule has 0 amide bonds. The van der Waals surface area contributed by atoms with Crippen LogP contribution in [0, 0.1) is 0 Å². The van der Waals surface area contributed by atoms with E-state index in [-0.39, 0.29) is 0 Å². The fourth-order valence-corrected chi connectivity index (χ4v) is 0.134. The van der Waals surface area contributed by atoms with Gasteiger partial charge in [-0.3, -0.25) is 0 Å². The van der Waals surface area contributed by atoms with Crippen LogP contribution >= 0.6 is 0 Å². The molecule has 0 aliphatic rings. The lowest BCUT2D eigenvalue weighted by atomic mass is 10.4. The second kappa shape index (κ2) is 3.36. The lowest BCUT2D eigenvalue weighted by Crippen LogP contribution is -2.01. The SMILES string of the molecule is O=C[C@@H](O)/C=C/O. The minimum atomic E-state index is -1.16. The van der Waals surface area contributed by atoms with Crippen molar-refractivity contribution >= 4 is 6.29 Å². The molecule has 2 N–H and O–H groups in total. The molecule has 0 radical (unpaired) electrons. The highest BCUT2D eigenvalue weighted by molar-refractivity contribution is 5.58. The Morgan fingerprint density at radius 1 is 1.57 bits per heavy atom. The fourth-order valence-electron chi connectivity index (χ4n) is 0.134. The van der Waals surface area contributed by atoms with Crippen LogP contribution in [-0.2, 0) is 4.79 Å². The third-order valence-electron chi connectivity index (χ3n) is 0.423. The summed E-state index contributed by atoms with van der Waals surface area (Å²) in [4.78, 5) is 9.48. The zero-order valence-electron chi connectivity index (χ0n) is 3.61. The van der Waals surface area contributed by atoms with Crippen LogP contribution in [0.5, 0.6) is 0 Å². The molecule has 0 unspecified atom stereocenters. The van der Waals surface area contributed by atoms with Crippen molar-refractivity contribution in [1.29, 1.82) is 0 Å². The Bertz CT molecular complexity index is 77.0. The van der Waals surface area contributed by atoms with Gasteiger partial charge in [0.1, 0.15) is 6.10 Å². The van der Waals surface area contributed by atoms with Crippen LogP contribution in [0.15, 0.2) is 12.3 Å². The van der Waals surface area contributed by atoms with E-state index >= 15 is 0 Å². The van der Waals surface area contributed by atoms with E-state index in [1.807, 2.05) is 0 Å². The molecule has 0 heterocycles. The molecule has 40 valence electrons. The van der Waals surface area contributed by atoms with E-state index in [1.165, 1.54) is 0 Å². The molecule has 0 saturated heterocycles. The number of carbonyl (C=O) groups excluding carboxylic acids is 1. The Balaban J connectivity index is 3.35. The molecule has 7 heavy (non-hydrogen) atoms. The number of aliphatic hydroxyl groups is 2. The third kappa shape index (κ3) is 2.99. The number of rotatable bonds is 2. The molecular weight excluding hydrogens is 96.0 g/mol. The van der Waals surface area contributed by atoms with Gasteiger partial charge in [-0.25, -0.2) is 0 Å². The molecule has 0 aliphatic carbocycles. The summed E-state index contributed by atoms with van der Waals surface area (Å²) in [6.07, 6.45) is 0.740. The van der Waals surface area contributed by atoms with Crippen molar-refractivity contribution < 1.29 is 15.0 Å². The summed E-state index contributed by atoms with van der Waals surface area (Å²) in [6.45, 7) is 0. The number of aliphatic hydroxyl groups excluding tert-OH is 2. The Labute approximate surface area is 40.9 Å². The first-order valence-electron chi connectivity index (χ1n) is 1.75. The summed E-state index contributed by atoms with van der Waals surface area (Å²) >= 11 is 0. The van der Waals surface area contributed by atoms with Crippen molar-refractivity contribution in [3.8, 4) is 0 Å². The van der Waals surface area contributed by atoms with Crippen LogP contribution in [0.1, 0.15) is 0 Å². The Morgan fingerprint density at radius 3 is 2.29 bits per heavy atom. The van der Waals surface area contributed by atoms with Gasteiger partial charge in [0, 0.05) is 0 Å². The second-order valence-corrected chi connectivity index (χ2v) is 0.968. The first kappa shape index (κ1) is 6.17.